The molecular formula is C10H18O2. The lowest BCUT2D eigenvalue weighted by Crippen LogP contribution is -1.98. The summed E-state index contributed by atoms with van der Waals surface area (Å²) in [6.45, 7) is 6.08. The molecule has 0 aromatic heterocycles. The van der Waals surface area contributed by atoms with Crippen LogP contribution in [0.5, 0.6) is 0 Å². The predicted molar refractivity (Wildman–Crippen MR) is 49.9 cm³/mol. The van der Waals surface area contributed by atoms with Crippen molar-refractivity contribution in [2.75, 3.05) is 6.61 Å². The van der Waals surface area contributed by atoms with Crippen molar-refractivity contribution in [3.05, 3.63) is 11.6 Å². The summed E-state index contributed by atoms with van der Waals surface area (Å²) in [6.07, 6.45) is 5.50. The highest BCUT2D eigenvalue weighted by molar-refractivity contribution is 5.65. The molecule has 0 rings (SSSR count). The zero-order valence-corrected chi connectivity index (χ0v) is 8.22. The lowest BCUT2D eigenvalue weighted by molar-refractivity contribution is -0.139. The van der Waals surface area contributed by atoms with Crippen molar-refractivity contribution < 1.29 is 9.53 Å². The van der Waals surface area contributed by atoms with Crippen molar-refractivity contribution in [1.29, 1.82) is 0 Å². The molecule has 0 radical (unpaired) electrons. The molecule has 0 heterocycles. The van der Waals surface area contributed by atoms with Gasteiger partial charge >= 0.3 is 5.97 Å². The molecule has 0 spiro atoms. The van der Waals surface area contributed by atoms with E-state index in [1.165, 1.54) is 25.3 Å². The average Bonchev–Trinajstić information content (AvgIpc) is 2.00. The van der Waals surface area contributed by atoms with Gasteiger partial charge in [-0.3, -0.25) is 4.79 Å². The predicted octanol–water partition coefficient (Wildman–Crippen LogP) is 2.69. The summed E-state index contributed by atoms with van der Waals surface area (Å²) >= 11 is 0. The van der Waals surface area contributed by atoms with E-state index in [-0.39, 0.29) is 5.97 Å². The van der Waals surface area contributed by atoms with Crippen LogP contribution in [0.3, 0.4) is 0 Å². The van der Waals surface area contributed by atoms with Gasteiger partial charge in [-0.05, 0) is 25.8 Å². The number of unbranched alkanes of at least 4 members (excludes halogenated alkanes) is 1. The first kappa shape index (κ1) is 11.2. The molecule has 12 heavy (non-hydrogen) atoms. The molecule has 0 N–H and O–H groups in total. The monoisotopic (exact) mass is 170 g/mol. The smallest absolute Gasteiger partial charge is 0.302 e. The van der Waals surface area contributed by atoms with Crippen molar-refractivity contribution in [3.8, 4) is 0 Å². The molecule has 0 aliphatic carbocycles. The van der Waals surface area contributed by atoms with E-state index in [0.717, 1.165) is 6.42 Å². The molecule has 70 valence electrons. The molecule has 0 bridgehead atoms. The molecule has 0 aromatic rings. The minimum Gasteiger partial charge on any atom is -0.462 e. The Hall–Kier alpha value is -0.790. The van der Waals surface area contributed by atoms with Gasteiger partial charge in [0.2, 0.25) is 0 Å². The third-order valence-corrected chi connectivity index (χ3v) is 1.64. The summed E-state index contributed by atoms with van der Waals surface area (Å²) in [7, 11) is 0. The summed E-state index contributed by atoms with van der Waals surface area (Å²) < 4.78 is 4.78. The van der Waals surface area contributed by atoms with Crippen molar-refractivity contribution in [3.63, 3.8) is 0 Å². The van der Waals surface area contributed by atoms with Gasteiger partial charge in [-0.15, -0.1) is 0 Å². The highest BCUT2D eigenvalue weighted by atomic mass is 16.5. The third kappa shape index (κ3) is 7.32. The number of rotatable bonds is 5. The van der Waals surface area contributed by atoms with E-state index < -0.39 is 0 Å². The van der Waals surface area contributed by atoms with Crippen LogP contribution < -0.4 is 0 Å². The zero-order chi connectivity index (χ0) is 9.40. The van der Waals surface area contributed by atoms with Gasteiger partial charge in [0.15, 0.2) is 0 Å². The molecule has 2 nitrogen and oxygen atoms in total. The number of carbonyl (C=O) groups excluding carboxylic acids is 1. The Bertz CT molecular complexity index is 159. The minimum atomic E-state index is -0.213. The zero-order valence-electron chi connectivity index (χ0n) is 8.22. The van der Waals surface area contributed by atoms with Gasteiger partial charge in [0, 0.05) is 6.92 Å². The largest absolute Gasteiger partial charge is 0.462 e. The summed E-state index contributed by atoms with van der Waals surface area (Å²) in [5, 5.41) is 0. The van der Waals surface area contributed by atoms with E-state index in [9.17, 15) is 4.79 Å². The fourth-order valence-electron chi connectivity index (χ4n) is 0.859. The van der Waals surface area contributed by atoms with Gasteiger partial charge in [-0.2, -0.15) is 0 Å². The maximum atomic E-state index is 10.4. The molecule has 0 atom stereocenters. The van der Waals surface area contributed by atoms with E-state index in [1.807, 2.05) is 6.08 Å². The number of esters is 1. The number of ether oxygens (including phenoxy) is 1. The molecule has 2 heteroatoms. The van der Waals surface area contributed by atoms with Crippen molar-refractivity contribution in [2.45, 2.75) is 40.0 Å². The normalized spacial score (nSPS) is 11.4. The Morgan fingerprint density at radius 3 is 2.58 bits per heavy atom. The second-order valence-corrected chi connectivity index (χ2v) is 2.96. The highest BCUT2D eigenvalue weighted by Gasteiger charge is 1.91. The van der Waals surface area contributed by atoms with Crippen LogP contribution in [-0.2, 0) is 9.53 Å². The molecule has 0 saturated heterocycles. The summed E-state index contributed by atoms with van der Waals surface area (Å²) in [5.74, 6) is -0.213. The second-order valence-electron chi connectivity index (χ2n) is 2.96. The average molecular weight is 170 g/mol. The standard InChI is InChI=1S/C10H18O2/c1-4-5-6-9(2)7-8-12-10(3)11/h7H,4-6,8H2,1-3H3/b9-7+. The van der Waals surface area contributed by atoms with Gasteiger partial charge in [0.25, 0.3) is 0 Å². The van der Waals surface area contributed by atoms with Crippen molar-refractivity contribution >= 4 is 5.97 Å². The Labute approximate surface area is 74.6 Å². The molecular weight excluding hydrogens is 152 g/mol. The van der Waals surface area contributed by atoms with E-state index in [1.54, 1.807) is 0 Å². The molecule has 0 aliphatic heterocycles. The fourth-order valence-corrected chi connectivity index (χ4v) is 0.859. The Morgan fingerprint density at radius 1 is 1.42 bits per heavy atom. The second kappa shape index (κ2) is 6.89. The van der Waals surface area contributed by atoms with E-state index in [4.69, 9.17) is 4.74 Å². The first-order valence-corrected chi connectivity index (χ1v) is 4.45. The lowest BCUT2D eigenvalue weighted by atomic mass is 10.1. The van der Waals surface area contributed by atoms with E-state index in [0.29, 0.717) is 6.61 Å². The van der Waals surface area contributed by atoms with Crippen LogP contribution in [0, 0.1) is 0 Å². The van der Waals surface area contributed by atoms with Gasteiger partial charge in [-0.25, -0.2) is 0 Å². The number of hydrogen-bond donors (Lipinski definition) is 0. The van der Waals surface area contributed by atoms with E-state index in [2.05, 4.69) is 13.8 Å². The SMILES string of the molecule is CCCC/C(C)=C/COC(C)=O. The first-order chi connectivity index (χ1) is 5.66. The van der Waals surface area contributed by atoms with Crippen LogP contribution >= 0.6 is 0 Å². The summed E-state index contributed by atoms with van der Waals surface area (Å²) in [6, 6.07) is 0. The van der Waals surface area contributed by atoms with Gasteiger partial charge in [0.1, 0.15) is 6.61 Å². The van der Waals surface area contributed by atoms with Crippen LogP contribution in [0.4, 0.5) is 0 Å². The van der Waals surface area contributed by atoms with Crippen LogP contribution in [-0.4, -0.2) is 12.6 Å². The maximum absolute atomic E-state index is 10.4. The molecule has 0 aliphatic rings. The van der Waals surface area contributed by atoms with Crippen molar-refractivity contribution in [1.82, 2.24) is 0 Å². The molecule has 0 fully saturated rings. The number of carbonyl (C=O) groups is 1. The summed E-state index contributed by atoms with van der Waals surface area (Å²) in [5.41, 5.74) is 1.30. The fraction of sp³-hybridized carbons (Fsp3) is 0.700. The van der Waals surface area contributed by atoms with Crippen LogP contribution in [0.25, 0.3) is 0 Å². The van der Waals surface area contributed by atoms with Gasteiger partial charge in [0.05, 0.1) is 0 Å². The topological polar surface area (TPSA) is 26.3 Å². The lowest BCUT2D eigenvalue weighted by Gasteiger charge is -2.00. The molecule has 0 amide bonds. The van der Waals surface area contributed by atoms with Crippen LogP contribution in [0.15, 0.2) is 11.6 Å². The Kier molecular flexibility index (Phi) is 6.44. The number of allylic oxidation sites excluding steroid dienone is 1. The molecule has 0 saturated carbocycles. The van der Waals surface area contributed by atoms with Gasteiger partial charge < -0.3 is 4.74 Å². The van der Waals surface area contributed by atoms with E-state index >= 15 is 0 Å². The minimum absolute atomic E-state index is 0.213. The Morgan fingerprint density at radius 2 is 2.08 bits per heavy atom. The number of hydrogen-bond acceptors (Lipinski definition) is 2. The summed E-state index contributed by atoms with van der Waals surface area (Å²) in [4.78, 5) is 10.4. The first-order valence-electron chi connectivity index (χ1n) is 4.45. The van der Waals surface area contributed by atoms with Crippen LogP contribution in [0.1, 0.15) is 40.0 Å². The highest BCUT2D eigenvalue weighted by Crippen LogP contribution is 2.05. The Balaban J connectivity index is 3.47. The van der Waals surface area contributed by atoms with Gasteiger partial charge in [-0.1, -0.05) is 18.9 Å². The molecule has 0 aromatic carbocycles. The maximum Gasteiger partial charge on any atom is 0.302 e. The molecule has 0 unspecified atom stereocenters. The third-order valence-electron chi connectivity index (χ3n) is 1.64. The van der Waals surface area contributed by atoms with Crippen molar-refractivity contribution in [2.24, 2.45) is 0 Å². The van der Waals surface area contributed by atoms with Crippen LogP contribution in [0.2, 0.25) is 0 Å². The quantitative estimate of drug-likeness (QED) is 0.468.